The molecule has 0 fully saturated rings. The fourth-order valence-electron chi connectivity index (χ4n) is 1.04. The molecule has 0 aliphatic carbocycles. The average molecular weight is 221 g/mol. The number of nitrogens with zero attached hydrogens (tertiary/aromatic N) is 2. The maximum Gasteiger partial charge on any atom is 0.129 e. The van der Waals surface area contributed by atoms with E-state index in [2.05, 4.69) is 10.5 Å². The van der Waals surface area contributed by atoms with Crippen LogP contribution < -0.4 is 10.5 Å². The number of nitrogens with one attached hydrogen (secondary N) is 3. The molecule has 0 bridgehead atoms. The van der Waals surface area contributed by atoms with Crippen molar-refractivity contribution in [3.63, 3.8) is 0 Å². The van der Waals surface area contributed by atoms with Crippen LogP contribution in [0.25, 0.3) is 0 Å². The number of hydrazone groups is 1. The number of amidine groups is 1. The molecule has 0 atom stereocenters. The minimum absolute atomic E-state index is 0.194. The van der Waals surface area contributed by atoms with Crippen molar-refractivity contribution in [1.82, 2.24) is 0 Å². The van der Waals surface area contributed by atoms with Gasteiger partial charge in [-0.2, -0.15) is 10.2 Å². The summed E-state index contributed by atoms with van der Waals surface area (Å²) in [6.07, 6.45) is 2.29. The predicted octanol–water partition coefficient (Wildman–Crippen LogP) is 2.42. The molecule has 0 aliphatic heterocycles. The zero-order chi connectivity index (χ0) is 12.0. The highest BCUT2D eigenvalue weighted by Gasteiger charge is 2.06. The van der Waals surface area contributed by atoms with E-state index < -0.39 is 0 Å². The van der Waals surface area contributed by atoms with Gasteiger partial charge in [0, 0.05) is 6.21 Å². The molecule has 0 saturated carbocycles. The summed E-state index contributed by atoms with van der Waals surface area (Å²) < 4.78 is 13.3. The molecule has 1 aromatic carbocycles. The second-order valence-electron chi connectivity index (χ2n) is 2.97. The van der Waals surface area contributed by atoms with Crippen LogP contribution in [0.15, 0.2) is 29.4 Å². The molecule has 0 aliphatic rings. The first-order chi connectivity index (χ1) is 7.65. The van der Waals surface area contributed by atoms with E-state index in [1.54, 1.807) is 18.2 Å². The Morgan fingerprint density at radius 3 is 2.94 bits per heavy atom. The standard InChI is InChI=1S/C10H12FN5/c1-8(13)16(11)10-4-2-3-9(7-10)15-14-6-5-12/h2-7,12-13,15H,1H3/b12-5?,13-8?,14-6-. The fraction of sp³-hybridized carbons (Fsp3) is 0.100. The number of rotatable bonds is 4. The summed E-state index contributed by atoms with van der Waals surface area (Å²) in [5, 5.41) is 17.8. The summed E-state index contributed by atoms with van der Waals surface area (Å²) >= 11 is 0. The van der Waals surface area contributed by atoms with Gasteiger partial charge in [-0.1, -0.05) is 10.5 Å². The van der Waals surface area contributed by atoms with E-state index in [4.69, 9.17) is 10.8 Å². The quantitative estimate of drug-likeness (QED) is 0.316. The van der Waals surface area contributed by atoms with E-state index in [0.717, 1.165) is 6.21 Å². The number of anilines is 2. The van der Waals surface area contributed by atoms with E-state index in [1.807, 2.05) is 0 Å². The number of benzene rings is 1. The van der Waals surface area contributed by atoms with Crippen LogP contribution in [0, 0.1) is 10.8 Å². The SMILES string of the molecule is CC(=N)N(F)c1cccc(N/N=C\C=N)c1. The highest BCUT2D eigenvalue weighted by Crippen LogP contribution is 2.19. The first kappa shape index (κ1) is 11.8. The van der Waals surface area contributed by atoms with Crippen molar-refractivity contribution in [3.8, 4) is 0 Å². The van der Waals surface area contributed by atoms with Gasteiger partial charge < -0.3 is 5.41 Å². The Morgan fingerprint density at radius 1 is 1.56 bits per heavy atom. The van der Waals surface area contributed by atoms with Gasteiger partial charge >= 0.3 is 0 Å². The van der Waals surface area contributed by atoms with Crippen LogP contribution >= 0.6 is 0 Å². The van der Waals surface area contributed by atoms with Crippen LogP contribution in [0.2, 0.25) is 0 Å². The van der Waals surface area contributed by atoms with E-state index in [-0.39, 0.29) is 16.6 Å². The van der Waals surface area contributed by atoms with Gasteiger partial charge in [-0.25, -0.2) is 0 Å². The lowest BCUT2D eigenvalue weighted by molar-refractivity contribution is 0.518. The Morgan fingerprint density at radius 2 is 2.31 bits per heavy atom. The van der Waals surface area contributed by atoms with Gasteiger partial charge in [0.05, 0.1) is 17.6 Å². The van der Waals surface area contributed by atoms with Crippen LogP contribution in [0.5, 0.6) is 0 Å². The second-order valence-corrected chi connectivity index (χ2v) is 2.97. The first-order valence-electron chi connectivity index (χ1n) is 4.54. The number of halogens is 1. The van der Waals surface area contributed by atoms with Gasteiger partial charge in [0.2, 0.25) is 0 Å². The Labute approximate surface area is 92.5 Å². The van der Waals surface area contributed by atoms with E-state index in [1.165, 1.54) is 19.2 Å². The molecule has 0 spiro atoms. The molecule has 84 valence electrons. The molecule has 0 radical (unpaired) electrons. The third-order valence-electron chi connectivity index (χ3n) is 1.71. The molecular weight excluding hydrogens is 209 g/mol. The lowest BCUT2D eigenvalue weighted by atomic mass is 10.3. The molecule has 0 saturated heterocycles. The first-order valence-corrected chi connectivity index (χ1v) is 4.54. The van der Waals surface area contributed by atoms with Crippen LogP contribution in [0.1, 0.15) is 6.92 Å². The lowest BCUT2D eigenvalue weighted by Crippen LogP contribution is -2.17. The highest BCUT2D eigenvalue weighted by molar-refractivity contribution is 6.14. The molecular formula is C10H12FN5. The molecule has 0 amide bonds. The summed E-state index contributed by atoms with van der Waals surface area (Å²) in [5.74, 6) is -0.194. The molecule has 5 nitrogen and oxygen atoms in total. The van der Waals surface area contributed by atoms with Gasteiger partial charge in [-0.3, -0.25) is 10.8 Å². The summed E-state index contributed by atoms with van der Waals surface area (Å²) in [6, 6.07) is 6.41. The fourth-order valence-corrected chi connectivity index (χ4v) is 1.04. The average Bonchev–Trinajstić information content (AvgIpc) is 2.29. The Balaban J connectivity index is 2.82. The minimum atomic E-state index is -0.194. The molecule has 0 aromatic heterocycles. The van der Waals surface area contributed by atoms with Crippen molar-refractivity contribution in [2.75, 3.05) is 10.5 Å². The van der Waals surface area contributed by atoms with Gasteiger partial charge in [-0.15, -0.1) is 0 Å². The van der Waals surface area contributed by atoms with Crippen molar-refractivity contribution in [2.24, 2.45) is 5.10 Å². The summed E-state index contributed by atoms with van der Waals surface area (Å²) in [6.45, 7) is 1.35. The van der Waals surface area contributed by atoms with Crippen LogP contribution in [-0.2, 0) is 0 Å². The largest absolute Gasteiger partial charge is 0.307 e. The smallest absolute Gasteiger partial charge is 0.129 e. The van der Waals surface area contributed by atoms with Gasteiger partial charge in [0.25, 0.3) is 0 Å². The van der Waals surface area contributed by atoms with Crippen LogP contribution in [0.4, 0.5) is 15.9 Å². The van der Waals surface area contributed by atoms with Crippen molar-refractivity contribution in [1.29, 1.82) is 10.8 Å². The van der Waals surface area contributed by atoms with Gasteiger partial charge in [0.15, 0.2) is 0 Å². The number of hydrogen-bond donors (Lipinski definition) is 3. The molecule has 0 unspecified atom stereocenters. The number of hydrogen-bond acceptors (Lipinski definition) is 4. The topological polar surface area (TPSA) is 75.3 Å². The second kappa shape index (κ2) is 5.59. The summed E-state index contributed by atoms with van der Waals surface area (Å²) in [4.78, 5) is 0. The molecule has 0 heterocycles. The maximum absolute atomic E-state index is 13.3. The van der Waals surface area contributed by atoms with Gasteiger partial charge in [-0.05, 0) is 25.1 Å². The Hall–Kier alpha value is -2.24. The predicted molar refractivity (Wildman–Crippen MR) is 64.3 cm³/mol. The Kier molecular flexibility index (Phi) is 4.14. The molecule has 16 heavy (non-hydrogen) atoms. The molecule has 3 N–H and O–H groups in total. The van der Waals surface area contributed by atoms with Gasteiger partial charge in [0.1, 0.15) is 5.84 Å². The van der Waals surface area contributed by atoms with E-state index in [9.17, 15) is 4.48 Å². The van der Waals surface area contributed by atoms with Crippen molar-refractivity contribution in [3.05, 3.63) is 24.3 Å². The summed E-state index contributed by atoms with van der Waals surface area (Å²) in [5.41, 5.74) is 3.47. The van der Waals surface area contributed by atoms with Crippen LogP contribution in [0.3, 0.4) is 0 Å². The molecule has 1 rings (SSSR count). The normalized spacial score (nSPS) is 10.1. The molecule has 1 aromatic rings. The van der Waals surface area contributed by atoms with Crippen molar-refractivity contribution >= 4 is 29.6 Å². The molecule has 6 heteroatoms. The maximum atomic E-state index is 13.3. The minimum Gasteiger partial charge on any atom is -0.307 e. The Bertz CT molecular complexity index is 415. The highest BCUT2D eigenvalue weighted by atomic mass is 19.2. The lowest BCUT2D eigenvalue weighted by Gasteiger charge is -2.12. The van der Waals surface area contributed by atoms with E-state index in [0.29, 0.717) is 5.69 Å². The summed E-state index contributed by atoms with van der Waals surface area (Å²) in [7, 11) is 0. The monoisotopic (exact) mass is 221 g/mol. The zero-order valence-electron chi connectivity index (χ0n) is 8.74. The van der Waals surface area contributed by atoms with E-state index >= 15 is 0 Å². The van der Waals surface area contributed by atoms with Crippen molar-refractivity contribution in [2.45, 2.75) is 6.92 Å². The third-order valence-corrected chi connectivity index (χ3v) is 1.71. The zero-order valence-corrected chi connectivity index (χ0v) is 8.74. The third kappa shape index (κ3) is 3.16. The van der Waals surface area contributed by atoms with Crippen LogP contribution in [-0.4, -0.2) is 18.3 Å². The van der Waals surface area contributed by atoms with Crippen molar-refractivity contribution < 1.29 is 4.48 Å².